The van der Waals surface area contributed by atoms with Gasteiger partial charge in [0.2, 0.25) is 5.71 Å². The van der Waals surface area contributed by atoms with Crippen LogP contribution in [0.3, 0.4) is 0 Å². The van der Waals surface area contributed by atoms with Crippen LogP contribution in [0, 0.1) is 0 Å². The first kappa shape index (κ1) is 27.0. The van der Waals surface area contributed by atoms with Gasteiger partial charge in [-0.15, -0.1) is 11.3 Å². The molecule has 0 saturated heterocycles. The van der Waals surface area contributed by atoms with Crippen LogP contribution in [0.25, 0.3) is 77.6 Å². The van der Waals surface area contributed by atoms with Crippen LogP contribution in [0.2, 0.25) is 0 Å². The quantitative estimate of drug-likeness (QED) is 0.192. The van der Waals surface area contributed by atoms with Gasteiger partial charge in [-0.3, -0.25) is 0 Å². The molecular formula is C44H27N3OS. The molecule has 49 heavy (non-hydrogen) atoms. The van der Waals surface area contributed by atoms with Crippen molar-refractivity contribution in [2.75, 3.05) is 4.90 Å². The monoisotopic (exact) mass is 645 g/mol. The van der Waals surface area contributed by atoms with Crippen LogP contribution < -0.4 is 14.7 Å². The van der Waals surface area contributed by atoms with Gasteiger partial charge < -0.3 is 9.32 Å². The van der Waals surface area contributed by atoms with E-state index in [1.54, 1.807) is 0 Å². The molecule has 2 aliphatic rings. The van der Waals surface area contributed by atoms with Gasteiger partial charge in [-0.1, -0.05) is 127 Å². The largest absolute Gasteiger partial charge is 0.436 e. The molecule has 3 aromatic heterocycles. The van der Waals surface area contributed by atoms with Gasteiger partial charge in [0.05, 0.1) is 6.04 Å². The van der Waals surface area contributed by atoms with Gasteiger partial charge in [-0.05, 0) is 57.0 Å². The van der Waals surface area contributed by atoms with E-state index in [9.17, 15) is 0 Å². The van der Waals surface area contributed by atoms with E-state index in [2.05, 4.69) is 132 Å². The lowest BCUT2D eigenvalue weighted by molar-refractivity contribution is 0.653. The zero-order valence-corrected chi connectivity index (χ0v) is 27.1. The van der Waals surface area contributed by atoms with Gasteiger partial charge >= 0.3 is 0 Å². The maximum atomic E-state index is 6.31. The number of hydrogen-bond donors (Lipinski definition) is 0. The summed E-state index contributed by atoms with van der Waals surface area (Å²) in [6.07, 6.45) is 4.97. The normalized spacial score (nSPS) is 16.4. The number of fused-ring (bicyclic) bond motifs is 11. The van der Waals surface area contributed by atoms with Crippen molar-refractivity contribution in [2.24, 2.45) is 0 Å². The average molecular weight is 646 g/mol. The SMILES string of the molecule is C1=c2sc3c(ccc4ccccc43)c2=CC2c3ccccc3N(c3nc4c(nc3-c3ccc(-c5ccccc5)cc3)oc3ccccc34)C12. The summed E-state index contributed by atoms with van der Waals surface area (Å²) in [5, 5.41) is 6.23. The molecule has 0 amide bonds. The maximum Gasteiger partial charge on any atom is 0.247 e. The Morgan fingerprint density at radius 2 is 1.33 bits per heavy atom. The highest BCUT2D eigenvalue weighted by atomic mass is 32.1. The molecule has 0 spiro atoms. The predicted octanol–water partition coefficient (Wildman–Crippen LogP) is 9.96. The highest BCUT2D eigenvalue weighted by molar-refractivity contribution is 7.18. The van der Waals surface area contributed by atoms with Gasteiger partial charge in [0.1, 0.15) is 16.8 Å². The zero-order valence-electron chi connectivity index (χ0n) is 26.2. The Labute approximate surface area is 285 Å². The fraction of sp³-hybridized carbons (Fsp3) is 0.0455. The number of benzene rings is 6. The Hall–Kier alpha value is -6.04. The zero-order chi connectivity index (χ0) is 32.1. The molecule has 0 saturated carbocycles. The van der Waals surface area contributed by atoms with Crippen molar-refractivity contribution in [1.82, 2.24) is 9.97 Å². The number of rotatable bonds is 3. The second kappa shape index (κ2) is 10.2. The van der Waals surface area contributed by atoms with E-state index in [0.29, 0.717) is 5.71 Å². The number of aromatic nitrogens is 2. The van der Waals surface area contributed by atoms with E-state index < -0.39 is 0 Å². The number of hydrogen-bond acceptors (Lipinski definition) is 5. The third-order valence-electron chi connectivity index (χ3n) is 10.2. The van der Waals surface area contributed by atoms with Crippen molar-refractivity contribution >= 4 is 78.1 Å². The number of furan rings is 1. The number of thiophene rings is 1. The number of para-hydroxylation sites is 2. The lowest BCUT2D eigenvalue weighted by Crippen LogP contribution is -2.36. The van der Waals surface area contributed by atoms with E-state index in [-0.39, 0.29) is 12.0 Å². The molecule has 0 radical (unpaired) electrons. The third kappa shape index (κ3) is 3.97. The summed E-state index contributed by atoms with van der Waals surface area (Å²) < 4.78 is 8.97. The Kier molecular flexibility index (Phi) is 5.63. The fourth-order valence-electron chi connectivity index (χ4n) is 7.93. The summed E-state index contributed by atoms with van der Waals surface area (Å²) in [5.74, 6) is 1.01. The molecule has 2 unspecified atom stereocenters. The van der Waals surface area contributed by atoms with Crippen LogP contribution in [0.4, 0.5) is 11.5 Å². The van der Waals surface area contributed by atoms with E-state index in [1.165, 1.54) is 47.4 Å². The molecule has 4 nitrogen and oxygen atoms in total. The lowest BCUT2D eigenvalue weighted by atomic mass is 9.90. The number of anilines is 2. The van der Waals surface area contributed by atoms with Gasteiger partial charge in [0.25, 0.3) is 0 Å². The summed E-state index contributed by atoms with van der Waals surface area (Å²) in [6.45, 7) is 0. The molecule has 1 aliphatic carbocycles. The van der Waals surface area contributed by atoms with Crippen LogP contribution in [0.15, 0.2) is 144 Å². The van der Waals surface area contributed by atoms with Gasteiger partial charge in [0, 0.05) is 37.2 Å². The summed E-state index contributed by atoms with van der Waals surface area (Å²) in [5.41, 5.74) is 8.75. The second-order valence-electron chi connectivity index (χ2n) is 12.9. The highest BCUT2D eigenvalue weighted by Crippen LogP contribution is 2.49. The van der Waals surface area contributed by atoms with Crippen molar-refractivity contribution < 1.29 is 4.42 Å². The smallest absolute Gasteiger partial charge is 0.247 e. The van der Waals surface area contributed by atoms with Crippen molar-refractivity contribution in [1.29, 1.82) is 0 Å². The Morgan fingerprint density at radius 3 is 2.22 bits per heavy atom. The standard InChI is InChI=1S/C44H27N3OS/c1-2-10-26(11-3-1)27-18-20-29(21-19-27)40-43(45-41-33-15-7-9-17-38(33)48-44(41)46-40)47-36-16-8-6-14-31(36)34-24-35-32-23-22-28-12-4-5-13-30(28)42(32)49-39(35)25-37(34)47/h1-25,34,37H. The molecular weight excluding hydrogens is 619 g/mol. The minimum Gasteiger partial charge on any atom is -0.436 e. The first-order valence-electron chi connectivity index (χ1n) is 16.7. The van der Waals surface area contributed by atoms with Crippen molar-refractivity contribution in [3.63, 3.8) is 0 Å². The van der Waals surface area contributed by atoms with Gasteiger partial charge in [0.15, 0.2) is 5.82 Å². The molecule has 6 aromatic carbocycles. The Morgan fingerprint density at radius 1 is 0.592 bits per heavy atom. The molecule has 0 bridgehead atoms. The van der Waals surface area contributed by atoms with E-state index in [1.807, 2.05) is 35.6 Å². The minimum absolute atomic E-state index is 0.0384. The average Bonchev–Trinajstić information content (AvgIpc) is 3.82. The molecule has 0 N–H and O–H groups in total. The van der Waals surface area contributed by atoms with E-state index >= 15 is 0 Å². The third-order valence-corrected chi connectivity index (χ3v) is 11.4. The molecule has 0 fully saturated rings. The summed E-state index contributed by atoms with van der Waals surface area (Å²) in [4.78, 5) is 13.2. The topological polar surface area (TPSA) is 42.2 Å². The summed E-state index contributed by atoms with van der Waals surface area (Å²) >= 11 is 1.90. The summed E-state index contributed by atoms with van der Waals surface area (Å²) in [6, 6.07) is 49.4. The minimum atomic E-state index is 0.0384. The molecule has 5 heteroatoms. The first-order chi connectivity index (χ1) is 24.3. The van der Waals surface area contributed by atoms with Gasteiger partial charge in [-0.25, -0.2) is 9.97 Å². The van der Waals surface area contributed by atoms with Crippen molar-refractivity contribution in [3.8, 4) is 22.4 Å². The maximum absolute atomic E-state index is 6.31. The lowest BCUT2D eigenvalue weighted by Gasteiger charge is -2.29. The van der Waals surface area contributed by atoms with Crippen LogP contribution in [-0.2, 0) is 0 Å². The molecule has 9 aromatic rings. The van der Waals surface area contributed by atoms with Crippen LogP contribution in [0.5, 0.6) is 0 Å². The van der Waals surface area contributed by atoms with E-state index in [4.69, 9.17) is 14.4 Å². The highest BCUT2D eigenvalue weighted by Gasteiger charge is 2.40. The fourth-order valence-corrected chi connectivity index (χ4v) is 9.23. The number of nitrogens with zero attached hydrogens (tertiary/aromatic N) is 3. The van der Waals surface area contributed by atoms with Crippen LogP contribution >= 0.6 is 11.3 Å². The second-order valence-corrected chi connectivity index (χ2v) is 14.0. The first-order valence-corrected chi connectivity index (χ1v) is 17.5. The molecule has 11 rings (SSSR count). The Bertz CT molecular complexity index is 2910. The van der Waals surface area contributed by atoms with Crippen molar-refractivity contribution in [3.05, 3.63) is 155 Å². The van der Waals surface area contributed by atoms with Crippen LogP contribution in [0.1, 0.15) is 11.5 Å². The van der Waals surface area contributed by atoms with Crippen LogP contribution in [-0.4, -0.2) is 16.0 Å². The van der Waals surface area contributed by atoms with Crippen molar-refractivity contribution in [2.45, 2.75) is 12.0 Å². The molecule has 1 aliphatic heterocycles. The molecule has 230 valence electrons. The predicted molar refractivity (Wildman–Crippen MR) is 203 cm³/mol. The molecule has 2 atom stereocenters. The summed E-state index contributed by atoms with van der Waals surface area (Å²) in [7, 11) is 0. The molecule has 4 heterocycles. The van der Waals surface area contributed by atoms with E-state index in [0.717, 1.165) is 39.1 Å². The van der Waals surface area contributed by atoms with Gasteiger partial charge in [-0.2, -0.15) is 0 Å². The Balaban J connectivity index is 1.16.